The van der Waals surface area contributed by atoms with Gasteiger partial charge in [0.2, 0.25) is 11.8 Å². The van der Waals surface area contributed by atoms with Crippen LogP contribution in [0.3, 0.4) is 0 Å². The summed E-state index contributed by atoms with van der Waals surface area (Å²) < 4.78 is 45.2. The maximum atomic E-state index is 13.1. The van der Waals surface area contributed by atoms with E-state index in [2.05, 4.69) is 26.1 Å². The highest BCUT2D eigenvalue weighted by atomic mass is 79.9. The van der Waals surface area contributed by atoms with Crippen LogP contribution in [-0.4, -0.2) is 10.2 Å². The average Bonchev–Trinajstić information content (AvgIpc) is 3.08. The molecular formula is C14H12BrF3N2O. The lowest BCUT2D eigenvalue weighted by molar-refractivity contribution is -0.137. The SMILES string of the molecule is FC(F)(F)c1cc(Br)ccc1-c1nnc(C2CCCC2)o1. The summed E-state index contributed by atoms with van der Waals surface area (Å²) in [4.78, 5) is 0. The van der Waals surface area contributed by atoms with Gasteiger partial charge in [0.1, 0.15) is 0 Å². The number of nitrogens with zero attached hydrogens (tertiary/aromatic N) is 2. The van der Waals surface area contributed by atoms with Crippen molar-refractivity contribution < 1.29 is 17.6 Å². The third kappa shape index (κ3) is 2.97. The van der Waals surface area contributed by atoms with E-state index >= 15 is 0 Å². The summed E-state index contributed by atoms with van der Waals surface area (Å²) in [5.74, 6) is 0.548. The van der Waals surface area contributed by atoms with E-state index in [0.29, 0.717) is 10.4 Å². The molecule has 0 radical (unpaired) electrons. The van der Waals surface area contributed by atoms with Crippen molar-refractivity contribution in [3.05, 3.63) is 34.1 Å². The second-order valence-electron chi connectivity index (χ2n) is 5.11. The maximum Gasteiger partial charge on any atom is 0.417 e. The highest BCUT2D eigenvalue weighted by Gasteiger charge is 2.35. The Balaban J connectivity index is 2.00. The molecule has 1 aliphatic rings. The van der Waals surface area contributed by atoms with Gasteiger partial charge in [0.15, 0.2) is 0 Å². The Labute approximate surface area is 127 Å². The number of rotatable bonds is 2. The van der Waals surface area contributed by atoms with Gasteiger partial charge < -0.3 is 4.42 Å². The second-order valence-corrected chi connectivity index (χ2v) is 6.03. The first-order valence-electron chi connectivity index (χ1n) is 6.65. The van der Waals surface area contributed by atoms with Crippen LogP contribution in [-0.2, 0) is 6.18 Å². The maximum absolute atomic E-state index is 13.1. The Hall–Kier alpha value is -1.37. The summed E-state index contributed by atoms with van der Waals surface area (Å²) in [6.45, 7) is 0. The van der Waals surface area contributed by atoms with E-state index in [1.807, 2.05) is 0 Å². The third-order valence-corrected chi connectivity index (χ3v) is 4.16. The Morgan fingerprint density at radius 1 is 1.14 bits per heavy atom. The zero-order chi connectivity index (χ0) is 15.0. The summed E-state index contributed by atoms with van der Waals surface area (Å²) in [6, 6.07) is 3.90. The van der Waals surface area contributed by atoms with Gasteiger partial charge >= 0.3 is 6.18 Å². The van der Waals surface area contributed by atoms with Crippen LogP contribution in [0.4, 0.5) is 13.2 Å². The number of benzene rings is 1. The molecule has 0 saturated heterocycles. The lowest BCUT2D eigenvalue weighted by atomic mass is 10.1. The molecule has 3 rings (SSSR count). The fourth-order valence-electron chi connectivity index (χ4n) is 2.62. The van der Waals surface area contributed by atoms with Crippen molar-refractivity contribution >= 4 is 15.9 Å². The van der Waals surface area contributed by atoms with Crippen molar-refractivity contribution in [1.29, 1.82) is 0 Å². The highest BCUT2D eigenvalue weighted by molar-refractivity contribution is 9.10. The third-order valence-electron chi connectivity index (χ3n) is 3.66. The van der Waals surface area contributed by atoms with Crippen molar-refractivity contribution in [2.45, 2.75) is 37.8 Å². The van der Waals surface area contributed by atoms with Crippen LogP contribution in [0.1, 0.15) is 43.1 Å². The number of hydrogen-bond acceptors (Lipinski definition) is 3. The smallest absolute Gasteiger partial charge is 0.417 e. The first-order chi connectivity index (χ1) is 9.95. The lowest BCUT2D eigenvalue weighted by Crippen LogP contribution is -2.07. The molecule has 1 aliphatic carbocycles. The number of aromatic nitrogens is 2. The molecule has 1 aromatic carbocycles. The van der Waals surface area contributed by atoms with Crippen molar-refractivity contribution in [1.82, 2.24) is 10.2 Å². The average molecular weight is 361 g/mol. The minimum atomic E-state index is -4.47. The normalized spacial score (nSPS) is 16.6. The van der Waals surface area contributed by atoms with E-state index in [0.717, 1.165) is 31.7 Å². The molecule has 3 nitrogen and oxygen atoms in total. The summed E-state index contributed by atoms with van der Waals surface area (Å²) in [7, 11) is 0. The molecule has 0 aliphatic heterocycles. The summed E-state index contributed by atoms with van der Waals surface area (Å²) in [5, 5.41) is 7.73. The number of hydrogen-bond donors (Lipinski definition) is 0. The molecule has 112 valence electrons. The van der Waals surface area contributed by atoms with Crippen LogP contribution in [0.5, 0.6) is 0 Å². The number of halogens is 4. The Kier molecular flexibility index (Phi) is 3.77. The minimum Gasteiger partial charge on any atom is -0.420 e. The molecule has 1 aromatic heterocycles. The van der Waals surface area contributed by atoms with Gasteiger partial charge in [-0.2, -0.15) is 13.2 Å². The molecule has 0 N–H and O–H groups in total. The zero-order valence-corrected chi connectivity index (χ0v) is 12.5. The quantitative estimate of drug-likeness (QED) is 0.740. The van der Waals surface area contributed by atoms with E-state index in [1.165, 1.54) is 12.1 Å². The van der Waals surface area contributed by atoms with Gasteiger partial charge in [-0.05, 0) is 31.0 Å². The largest absolute Gasteiger partial charge is 0.420 e. The zero-order valence-electron chi connectivity index (χ0n) is 11.0. The van der Waals surface area contributed by atoms with Gasteiger partial charge in [0, 0.05) is 10.4 Å². The van der Waals surface area contributed by atoms with Gasteiger partial charge in [-0.25, -0.2) is 0 Å². The molecule has 0 unspecified atom stereocenters. The van der Waals surface area contributed by atoms with Crippen molar-refractivity contribution in [3.63, 3.8) is 0 Å². The fraction of sp³-hybridized carbons (Fsp3) is 0.429. The molecule has 1 fully saturated rings. The molecule has 21 heavy (non-hydrogen) atoms. The van der Waals surface area contributed by atoms with Crippen molar-refractivity contribution in [2.24, 2.45) is 0 Å². The van der Waals surface area contributed by atoms with Crippen molar-refractivity contribution in [2.75, 3.05) is 0 Å². The standard InChI is InChI=1S/C14H12BrF3N2O/c15-9-5-6-10(11(7-9)14(16,17)18)13-20-19-12(21-13)8-3-1-2-4-8/h5-8H,1-4H2. The van der Waals surface area contributed by atoms with Crippen LogP contribution in [0, 0.1) is 0 Å². The Bertz CT molecular complexity index is 648. The van der Waals surface area contributed by atoms with Crippen LogP contribution < -0.4 is 0 Å². The van der Waals surface area contributed by atoms with E-state index in [9.17, 15) is 13.2 Å². The predicted molar refractivity (Wildman–Crippen MR) is 73.6 cm³/mol. The Morgan fingerprint density at radius 2 is 1.86 bits per heavy atom. The topological polar surface area (TPSA) is 38.9 Å². The molecule has 0 amide bonds. The van der Waals surface area contributed by atoms with Crippen LogP contribution >= 0.6 is 15.9 Å². The summed E-state index contributed by atoms with van der Waals surface area (Å²) >= 11 is 3.05. The molecule has 1 saturated carbocycles. The van der Waals surface area contributed by atoms with Crippen molar-refractivity contribution in [3.8, 4) is 11.5 Å². The molecule has 0 atom stereocenters. The lowest BCUT2D eigenvalue weighted by Gasteiger charge is -2.10. The molecule has 0 bridgehead atoms. The summed E-state index contributed by atoms with van der Waals surface area (Å²) in [6.07, 6.45) is -0.383. The van der Waals surface area contributed by atoms with Gasteiger partial charge in [0.05, 0.1) is 11.1 Å². The Morgan fingerprint density at radius 3 is 2.52 bits per heavy atom. The monoisotopic (exact) mass is 360 g/mol. The van der Waals surface area contributed by atoms with E-state index < -0.39 is 11.7 Å². The van der Waals surface area contributed by atoms with E-state index in [4.69, 9.17) is 4.42 Å². The van der Waals surface area contributed by atoms with Gasteiger partial charge in [-0.1, -0.05) is 28.8 Å². The fourth-order valence-corrected chi connectivity index (χ4v) is 2.98. The second kappa shape index (κ2) is 5.44. The first-order valence-corrected chi connectivity index (χ1v) is 7.45. The molecule has 1 heterocycles. The van der Waals surface area contributed by atoms with Crippen LogP contribution in [0.15, 0.2) is 27.1 Å². The number of alkyl halides is 3. The van der Waals surface area contributed by atoms with Gasteiger partial charge in [0.25, 0.3) is 0 Å². The molecule has 2 aromatic rings. The van der Waals surface area contributed by atoms with E-state index in [1.54, 1.807) is 0 Å². The predicted octanol–water partition coefficient (Wildman–Crippen LogP) is 5.18. The summed E-state index contributed by atoms with van der Waals surface area (Å²) in [5.41, 5.74) is -0.860. The highest BCUT2D eigenvalue weighted by Crippen LogP contribution is 2.39. The van der Waals surface area contributed by atoms with Gasteiger partial charge in [-0.15, -0.1) is 10.2 Å². The van der Waals surface area contributed by atoms with E-state index in [-0.39, 0.29) is 17.4 Å². The van der Waals surface area contributed by atoms with Crippen LogP contribution in [0.25, 0.3) is 11.5 Å². The molecule has 0 spiro atoms. The minimum absolute atomic E-state index is 0.0725. The molecule has 7 heteroatoms. The molecular weight excluding hydrogens is 349 g/mol. The van der Waals surface area contributed by atoms with Gasteiger partial charge in [-0.3, -0.25) is 0 Å². The van der Waals surface area contributed by atoms with Crippen LogP contribution in [0.2, 0.25) is 0 Å². The first kappa shape index (κ1) is 14.6.